The molecule has 0 bridgehead atoms. The Bertz CT molecular complexity index is 432. The van der Waals surface area contributed by atoms with E-state index in [2.05, 4.69) is 0 Å². The van der Waals surface area contributed by atoms with E-state index in [1.165, 1.54) is 12.1 Å². The van der Waals surface area contributed by atoms with Gasteiger partial charge < -0.3 is 15.9 Å². The molecule has 0 spiro atoms. The molecule has 0 heterocycles. The van der Waals surface area contributed by atoms with Crippen molar-refractivity contribution in [3.05, 3.63) is 33.9 Å². The summed E-state index contributed by atoms with van der Waals surface area (Å²) in [5.41, 5.74) is 4.94. The Kier molecular flexibility index (Phi) is 3.41. The van der Waals surface area contributed by atoms with E-state index in [1.54, 1.807) is 0 Å². The average Bonchev–Trinajstić information content (AvgIpc) is 2.20. The molecule has 16 heavy (non-hydrogen) atoms. The molecule has 1 rings (SSSR count). The van der Waals surface area contributed by atoms with E-state index in [0.717, 1.165) is 6.07 Å². The Hall–Kier alpha value is -2.15. The van der Waals surface area contributed by atoms with Crippen molar-refractivity contribution in [3.63, 3.8) is 0 Å². The van der Waals surface area contributed by atoms with Crippen molar-refractivity contribution in [1.82, 2.24) is 0 Å². The second kappa shape index (κ2) is 4.58. The Morgan fingerprint density at radius 3 is 2.69 bits per heavy atom. The summed E-state index contributed by atoms with van der Waals surface area (Å²) in [7, 11) is 0. The number of nitrogens with two attached hydrogens (primary N) is 1. The van der Waals surface area contributed by atoms with E-state index in [9.17, 15) is 20.0 Å². The number of hydrogen-bond donors (Lipinski definition) is 3. The van der Waals surface area contributed by atoms with Crippen LogP contribution in [0.2, 0.25) is 0 Å². The second-order valence-corrected chi connectivity index (χ2v) is 3.19. The molecule has 0 aliphatic carbocycles. The van der Waals surface area contributed by atoms with E-state index in [0.29, 0.717) is 0 Å². The van der Waals surface area contributed by atoms with Gasteiger partial charge in [-0.05, 0) is 0 Å². The van der Waals surface area contributed by atoms with Crippen molar-refractivity contribution >= 4 is 11.7 Å². The van der Waals surface area contributed by atoms with Crippen molar-refractivity contribution in [2.75, 3.05) is 0 Å². The second-order valence-electron chi connectivity index (χ2n) is 3.19. The van der Waals surface area contributed by atoms with E-state index in [4.69, 9.17) is 10.8 Å². The Balaban J connectivity index is 3.02. The van der Waals surface area contributed by atoms with Crippen molar-refractivity contribution < 1.29 is 19.9 Å². The van der Waals surface area contributed by atoms with Gasteiger partial charge in [-0.15, -0.1) is 0 Å². The summed E-state index contributed by atoms with van der Waals surface area (Å²) < 4.78 is 0. The third kappa shape index (κ3) is 2.45. The number of para-hydroxylation sites is 1. The van der Waals surface area contributed by atoms with Crippen LogP contribution in [0.15, 0.2) is 18.2 Å². The Labute approximate surface area is 90.3 Å². The van der Waals surface area contributed by atoms with Gasteiger partial charge in [-0.2, -0.15) is 0 Å². The normalized spacial score (nSPS) is 12.1. The predicted octanol–water partition coefficient (Wildman–Crippen LogP) is 0.255. The first-order valence-electron chi connectivity index (χ1n) is 4.37. The molecule has 0 unspecified atom stereocenters. The van der Waals surface area contributed by atoms with Crippen LogP contribution in [0, 0.1) is 10.1 Å². The highest BCUT2D eigenvalue weighted by molar-refractivity contribution is 5.73. The van der Waals surface area contributed by atoms with Crippen molar-refractivity contribution in [2.24, 2.45) is 5.73 Å². The molecule has 0 aliphatic rings. The smallest absolute Gasteiger partial charge is 0.320 e. The lowest BCUT2D eigenvalue weighted by molar-refractivity contribution is -0.385. The lowest BCUT2D eigenvalue weighted by Gasteiger charge is -2.07. The number of phenols is 1. The SMILES string of the molecule is N[C@@H](Cc1cccc([N+](=O)[O-])c1O)C(=O)O. The van der Waals surface area contributed by atoms with Crippen molar-refractivity contribution in [1.29, 1.82) is 0 Å². The molecule has 0 aliphatic heterocycles. The standard InChI is InChI=1S/C9H10N2O5/c10-6(9(13)14)4-5-2-1-3-7(8(5)12)11(15)16/h1-3,6,12H,4,10H2,(H,13,14)/t6-/m0/s1. The number of benzene rings is 1. The van der Waals surface area contributed by atoms with Crippen molar-refractivity contribution in [2.45, 2.75) is 12.5 Å². The van der Waals surface area contributed by atoms with Gasteiger partial charge in [-0.25, -0.2) is 0 Å². The molecule has 86 valence electrons. The number of carboxylic acid groups (broad SMARTS) is 1. The molecule has 0 radical (unpaired) electrons. The fraction of sp³-hybridized carbons (Fsp3) is 0.222. The van der Waals surface area contributed by atoms with Gasteiger partial charge in [0.25, 0.3) is 0 Å². The minimum atomic E-state index is -1.23. The van der Waals surface area contributed by atoms with Crippen LogP contribution < -0.4 is 5.73 Å². The van der Waals surface area contributed by atoms with Gasteiger partial charge in [-0.3, -0.25) is 14.9 Å². The van der Waals surface area contributed by atoms with Crippen LogP contribution in [0.3, 0.4) is 0 Å². The maximum Gasteiger partial charge on any atom is 0.320 e. The number of phenolic OH excluding ortho intramolecular Hbond substituents is 1. The zero-order chi connectivity index (χ0) is 12.3. The fourth-order valence-electron chi connectivity index (χ4n) is 1.21. The van der Waals surface area contributed by atoms with Gasteiger partial charge in [0.15, 0.2) is 5.75 Å². The maximum absolute atomic E-state index is 10.5. The lowest BCUT2D eigenvalue weighted by atomic mass is 10.0. The molecule has 4 N–H and O–H groups in total. The summed E-state index contributed by atoms with van der Waals surface area (Å²) in [5.74, 6) is -1.77. The number of carboxylic acids is 1. The van der Waals surface area contributed by atoms with E-state index in [-0.39, 0.29) is 12.0 Å². The van der Waals surface area contributed by atoms with Crippen LogP contribution in [0.5, 0.6) is 5.75 Å². The highest BCUT2D eigenvalue weighted by Crippen LogP contribution is 2.29. The predicted molar refractivity (Wildman–Crippen MR) is 54.1 cm³/mol. The third-order valence-corrected chi connectivity index (χ3v) is 2.05. The number of hydrogen-bond acceptors (Lipinski definition) is 5. The average molecular weight is 226 g/mol. The monoisotopic (exact) mass is 226 g/mol. The van der Waals surface area contributed by atoms with Crippen LogP contribution in [-0.4, -0.2) is 27.1 Å². The quantitative estimate of drug-likeness (QED) is 0.499. The minimum absolute atomic E-state index is 0.143. The zero-order valence-electron chi connectivity index (χ0n) is 8.16. The topological polar surface area (TPSA) is 127 Å². The van der Waals surface area contributed by atoms with Crippen molar-refractivity contribution in [3.8, 4) is 5.75 Å². The first-order valence-corrected chi connectivity index (χ1v) is 4.37. The highest BCUT2D eigenvalue weighted by atomic mass is 16.6. The van der Waals surface area contributed by atoms with Gasteiger partial charge in [0.05, 0.1) is 4.92 Å². The Morgan fingerprint density at radius 1 is 1.56 bits per heavy atom. The summed E-state index contributed by atoms with van der Waals surface area (Å²) in [6.07, 6.45) is -0.164. The minimum Gasteiger partial charge on any atom is -0.502 e. The molecule has 0 aromatic heterocycles. The largest absolute Gasteiger partial charge is 0.502 e. The molecule has 1 aromatic rings. The summed E-state index contributed by atoms with van der Waals surface area (Å²) in [4.78, 5) is 20.2. The molecule has 0 saturated carbocycles. The molecule has 0 fully saturated rings. The summed E-state index contributed by atoms with van der Waals surface area (Å²) >= 11 is 0. The van der Waals surface area contributed by atoms with Crippen LogP contribution in [0.25, 0.3) is 0 Å². The zero-order valence-corrected chi connectivity index (χ0v) is 8.16. The number of nitrogens with zero attached hydrogens (tertiary/aromatic N) is 1. The molecular formula is C9H10N2O5. The number of nitro benzene ring substituents is 1. The first-order chi connectivity index (χ1) is 7.43. The lowest BCUT2D eigenvalue weighted by Crippen LogP contribution is -2.32. The van der Waals surface area contributed by atoms with Crippen LogP contribution in [0.1, 0.15) is 5.56 Å². The van der Waals surface area contributed by atoms with Gasteiger partial charge in [0.1, 0.15) is 6.04 Å². The number of aromatic hydroxyl groups is 1. The summed E-state index contributed by atoms with van der Waals surface area (Å²) in [6, 6.07) is 2.69. The number of carbonyl (C=O) groups is 1. The van der Waals surface area contributed by atoms with E-state index < -0.39 is 28.4 Å². The van der Waals surface area contributed by atoms with Crippen LogP contribution in [0.4, 0.5) is 5.69 Å². The molecule has 1 aromatic carbocycles. The number of aliphatic carboxylic acids is 1. The summed E-state index contributed by atoms with van der Waals surface area (Å²) in [5, 5.41) is 28.6. The van der Waals surface area contributed by atoms with Gasteiger partial charge >= 0.3 is 11.7 Å². The molecule has 0 saturated heterocycles. The molecule has 0 amide bonds. The van der Waals surface area contributed by atoms with E-state index >= 15 is 0 Å². The molecular weight excluding hydrogens is 216 g/mol. The molecule has 7 heteroatoms. The summed E-state index contributed by atoms with van der Waals surface area (Å²) in [6.45, 7) is 0. The number of nitro groups is 1. The fourth-order valence-corrected chi connectivity index (χ4v) is 1.21. The first kappa shape index (κ1) is 11.9. The highest BCUT2D eigenvalue weighted by Gasteiger charge is 2.20. The molecule has 7 nitrogen and oxygen atoms in total. The van der Waals surface area contributed by atoms with Crippen LogP contribution in [-0.2, 0) is 11.2 Å². The molecule has 1 atom stereocenters. The van der Waals surface area contributed by atoms with Gasteiger partial charge in [0.2, 0.25) is 0 Å². The Morgan fingerprint density at radius 2 is 2.19 bits per heavy atom. The van der Waals surface area contributed by atoms with Gasteiger partial charge in [-0.1, -0.05) is 12.1 Å². The maximum atomic E-state index is 10.5. The van der Waals surface area contributed by atoms with E-state index in [1.807, 2.05) is 0 Å². The van der Waals surface area contributed by atoms with Gasteiger partial charge in [0, 0.05) is 18.1 Å². The third-order valence-electron chi connectivity index (χ3n) is 2.05. The number of rotatable bonds is 4. The van der Waals surface area contributed by atoms with Crippen LogP contribution >= 0.6 is 0 Å².